The SMILES string of the molecule is O=C(O)CNS(=O)(=O)CCC(F)(F)C(F)(F)C(F)(F)C(F)(F)C(F)(F)C(F)(F)C(F)(F)C(F)(F)F. The summed E-state index contributed by atoms with van der Waals surface area (Å²) in [7, 11) is -5.41. The molecule has 0 saturated carbocycles. The Hall–Kier alpha value is -1.81. The van der Waals surface area contributed by atoms with Gasteiger partial charge in [0.2, 0.25) is 10.0 Å². The Morgan fingerprint density at radius 3 is 1.23 bits per heavy atom. The van der Waals surface area contributed by atoms with Crippen molar-refractivity contribution < 1.29 is 93.0 Å². The fraction of sp³-hybridized carbons (Fsp3) is 0.917. The summed E-state index contributed by atoms with van der Waals surface area (Å²) in [5.41, 5.74) is 0. The zero-order chi connectivity index (χ0) is 28.9. The van der Waals surface area contributed by atoms with Crippen LogP contribution in [0.1, 0.15) is 6.42 Å². The second-order valence-electron chi connectivity index (χ2n) is 6.43. The van der Waals surface area contributed by atoms with E-state index < -0.39 is 82.3 Å². The molecule has 0 unspecified atom stereocenters. The predicted molar refractivity (Wildman–Crippen MR) is 74.7 cm³/mol. The molecule has 210 valence electrons. The molecule has 0 fully saturated rings. The van der Waals surface area contributed by atoms with Crippen LogP contribution in [0.3, 0.4) is 0 Å². The van der Waals surface area contributed by atoms with Gasteiger partial charge < -0.3 is 5.11 Å². The molecule has 0 aromatic heterocycles. The van der Waals surface area contributed by atoms with E-state index in [1.165, 1.54) is 0 Å². The van der Waals surface area contributed by atoms with Crippen molar-refractivity contribution in [3.8, 4) is 0 Å². The molecule has 0 rings (SSSR count). The first-order chi connectivity index (χ1) is 14.9. The summed E-state index contributed by atoms with van der Waals surface area (Å²) in [6.45, 7) is -1.63. The monoisotopic (exact) mass is 585 g/mol. The number of rotatable bonds is 12. The standard InChI is InChI=1S/C12H8F17NO4S/c13-5(14,1-2-35(33,34)30-3-4(31)32)6(15,16)7(17,18)8(19,20)9(21,22)10(23,24)11(25,26)12(27,28)29/h30H,1-3H2,(H,31,32). The maximum absolute atomic E-state index is 13.5. The molecule has 0 radical (unpaired) electrons. The van der Waals surface area contributed by atoms with Crippen LogP contribution in [0.5, 0.6) is 0 Å². The van der Waals surface area contributed by atoms with Crippen molar-refractivity contribution in [3.05, 3.63) is 0 Å². The molecule has 23 heteroatoms. The number of carbonyl (C=O) groups is 1. The average molecular weight is 585 g/mol. The summed E-state index contributed by atoms with van der Waals surface area (Å²) in [5, 5.41) is 8.15. The number of hydrogen-bond donors (Lipinski definition) is 2. The van der Waals surface area contributed by atoms with Crippen LogP contribution in [0.25, 0.3) is 0 Å². The van der Waals surface area contributed by atoms with Gasteiger partial charge in [-0.25, -0.2) is 13.1 Å². The molecule has 0 aliphatic carbocycles. The van der Waals surface area contributed by atoms with Gasteiger partial charge in [-0.2, -0.15) is 74.6 Å². The number of alkyl halides is 17. The van der Waals surface area contributed by atoms with Crippen LogP contribution in [-0.2, 0) is 14.8 Å². The van der Waals surface area contributed by atoms with Crippen molar-refractivity contribution in [1.82, 2.24) is 4.72 Å². The zero-order valence-electron chi connectivity index (χ0n) is 15.6. The quantitative estimate of drug-likeness (QED) is 0.333. The summed E-state index contributed by atoms with van der Waals surface area (Å²) in [5.74, 6) is -62.4. The van der Waals surface area contributed by atoms with E-state index in [-0.39, 0.29) is 0 Å². The number of hydrogen-bond acceptors (Lipinski definition) is 3. The van der Waals surface area contributed by atoms with Crippen LogP contribution in [0.2, 0.25) is 0 Å². The van der Waals surface area contributed by atoms with Crippen molar-refractivity contribution >= 4 is 16.0 Å². The summed E-state index contributed by atoms with van der Waals surface area (Å²) in [4.78, 5) is 10.1. The molecule has 0 atom stereocenters. The lowest BCUT2D eigenvalue weighted by Gasteiger charge is -2.42. The van der Waals surface area contributed by atoms with E-state index in [9.17, 15) is 87.8 Å². The lowest BCUT2D eigenvalue weighted by molar-refractivity contribution is -0.461. The predicted octanol–water partition coefficient (Wildman–Crippen LogP) is 4.39. The first kappa shape index (κ1) is 33.2. The molecule has 0 spiro atoms. The minimum absolute atomic E-state index is 0.876. The molecule has 0 heterocycles. The Bertz CT molecular complexity index is 895. The summed E-state index contributed by atoms with van der Waals surface area (Å²) in [6.07, 6.45) is -11.1. The van der Waals surface area contributed by atoms with E-state index in [2.05, 4.69) is 0 Å². The minimum atomic E-state index is -8.78. The summed E-state index contributed by atoms with van der Waals surface area (Å²) in [6, 6.07) is 0. The van der Waals surface area contributed by atoms with Crippen LogP contribution >= 0.6 is 0 Å². The van der Waals surface area contributed by atoms with Gasteiger partial charge in [-0.05, 0) is 0 Å². The third kappa shape index (κ3) is 5.33. The van der Waals surface area contributed by atoms with Crippen LogP contribution < -0.4 is 4.72 Å². The van der Waals surface area contributed by atoms with Gasteiger partial charge in [-0.1, -0.05) is 0 Å². The van der Waals surface area contributed by atoms with Crippen molar-refractivity contribution in [2.75, 3.05) is 12.3 Å². The van der Waals surface area contributed by atoms with E-state index in [0.29, 0.717) is 0 Å². The third-order valence-corrected chi connectivity index (χ3v) is 5.24. The van der Waals surface area contributed by atoms with Gasteiger partial charge >= 0.3 is 53.6 Å². The molecule has 0 aromatic carbocycles. The second-order valence-corrected chi connectivity index (χ2v) is 8.36. The fourth-order valence-electron chi connectivity index (χ4n) is 1.86. The first-order valence-corrected chi connectivity index (χ1v) is 9.43. The Kier molecular flexibility index (Phi) is 8.48. The molecule has 0 aromatic rings. The zero-order valence-corrected chi connectivity index (χ0v) is 16.4. The normalized spacial score (nSPS) is 15.9. The highest BCUT2D eigenvalue weighted by molar-refractivity contribution is 7.89. The lowest BCUT2D eigenvalue weighted by atomic mass is 9.88. The maximum Gasteiger partial charge on any atom is 0.460 e. The van der Waals surface area contributed by atoms with Crippen LogP contribution in [0, 0.1) is 0 Å². The van der Waals surface area contributed by atoms with Crippen molar-refractivity contribution in [2.24, 2.45) is 0 Å². The highest BCUT2D eigenvalue weighted by Gasteiger charge is 2.95. The lowest BCUT2D eigenvalue weighted by Crippen LogP contribution is -2.74. The number of carboxylic acid groups (broad SMARTS) is 1. The average Bonchev–Trinajstić information content (AvgIpc) is 2.63. The highest BCUT2D eigenvalue weighted by Crippen LogP contribution is 2.64. The van der Waals surface area contributed by atoms with Crippen LogP contribution in [0.4, 0.5) is 74.6 Å². The molecule has 5 nitrogen and oxygen atoms in total. The van der Waals surface area contributed by atoms with E-state index in [1.807, 2.05) is 0 Å². The summed E-state index contributed by atoms with van der Waals surface area (Å²) < 4.78 is 245. The van der Waals surface area contributed by atoms with Crippen LogP contribution in [-0.4, -0.2) is 79.4 Å². The van der Waals surface area contributed by atoms with Gasteiger partial charge in [0.05, 0.1) is 5.75 Å². The molecular weight excluding hydrogens is 577 g/mol. The minimum Gasteiger partial charge on any atom is -0.480 e. The van der Waals surface area contributed by atoms with Crippen molar-refractivity contribution in [1.29, 1.82) is 0 Å². The van der Waals surface area contributed by atoms with E-state index in [0.717, 1.165) is 4.72 Å². The number of nitrogens with one attached hydrogen (secondary N) is 1. The highest BCUT2D eigenvalue weighted by atomic mass is 32.2. The number of aliphatic carboxylic acids is 1. The smallest absolute Gasteiger partial charge is 0.460 e. The Balaban J connectivity index is 6.42. The van der Waals surface area contributed by atoms with E-state index in [4.69, 9.17) is 5.11 Å². The van der Waals surface area contributed by atoms with Crippen molar-refractivity contribution in [2.45, 2.75) is 54.1 Å². The Morgan fingerprint density at radius 1 is 0.600 bits per heavy atom. The maximum atomic E-state index is 13.5. The molecule has 0 aliphatic heterocycles. The molecule has 0 aliphatic rings. The first-order valence-electron chi connectivity index (χ1n) is 7.78. The molecule has 2 N–H and O–H groups in total. The number of carboxylic acids is 1. The van der Waals surface area contributed by atoms with E-state index >= 15 is 0 Å². The van der Waals surface area contributed by atoms with Gasteiger partial charge in [0.15, 0.2) is 0 Å². The van der Waals surface area contributed by atoms with Gasteiger partial charge in [0.1, 0.15) is 6.54 Å². The largest absolute Gasteiger partial charge is 0.480 e. The molecular formula is C12H8F17NO4S. The molecule has 35 heavy (non-hydrogen) atoms. The molecule has 0 saturated heterocycles. The van der Waals surface area contributed by atoms with Gasteiger partial charge in [0.25, 0.3) is 0 Å². The number of sulfonamides is 1. The van der Waals surface area contributed by atoms with Crippen molar-refractivity contribution in [3.63, 3.8) is 0 Å². The second kappa shape index (κ2) is 8.94. The van der Waals surface area contributed by atoms with Crippen LogP contribution in [0.15, 0.2) is 0 Å². The summed E-state index contributed by atoms with van der Waals surface area (Å²) >= 11 is 0. The molecule has 0 bridgehead atoms. The van der Waals surface area contributed by atoms with Gasteiger partial charge in [-0.3, -0.25) is 4.79 Å². The number of halogens is 17. The Labute approximate surface area is 181 Å². The fourth-order valence-corrected chi connectivity index (χ4v) is 2.87. The topological polar surface area (TPSA) is 83.5 Å². The Morgan fingerprint density at radius 2 is 0.914 bits per heavy atom. The molecule has 0 amide bonds. The third-order valence-electron chi connectivity index (χ3n) is 3.92. The van der Waals surface area contributed by atoms with Gasteiger partial charge in [-0.15, -0.1) is 0 Å². The van der Waals surface area contributed by atoms with E-state index in [1.54, 1.807) is 0 Å². The van der Waals surface area contributed by atoms with Gasteiger partial charge in [0, 0.05) is 6.42 Å².